The first-order valence-electron chi connectivity index (χ1n) is 4.54. The van der Waals surface area contributed by atoms with Gasteiger partial charge in [-0.15, -0.1) is 0 Å². The van der Waals surface area contributed by atoms with Gasteiger partial charge in [0.1, 0.15) is 5.75 Å². The van der Waals surface area contributed by atoms with Gasteiger partial charge >= 0.3 is 0 Å². The minimum atomic E-state index is -0.720. The topological polar surface area (TPSA) is 9.23 Å². The Hall–Kier alpha value is -1.42. The summed E-state index contributed by atoms with van der Waals surface area (Å²) in [6.07, 6.45) is 0. The summed E-state index contributed by atoms with van der Waals surface area (Å²) in [6.45, 7) is 0. The van der Waals surface area contributed by atoms with Gasteiger partial charge in [-0.05, 0) is 36.4 Å². The van der Waals surface area contributed by atoms with E-state index in [2.05, 4.69) is 15.9 Å². The van der Waals surface area contributed by atoms with Crippen molar-refractivity contribution in [2.24, 2.45) is 0 Å². The first kappa shape index (κ1) is 11.1. The summed E-state index contributed by atoms with van der Waals surface area (Å²) in [5.74, 6) is -1.44. The molecule has 0 saturated heterocycles. The second-order valence-electron chi connectivity index (χ2n) is 3.11. The van der Waals surface area contributed by atoms with Crippen LogP contribution in [-0.4, -0.2) is 0 Å². The third-order valence-corrected chi connectivity index (χ3v) is 2.48. The second-order valence-corrected chi connectivity index (χ2v) is 4.02. The molecule has 0 aliphatic heterocycles. The molecule has 0 bridgehead atoms. The van der Waals surface area contributed by atoms with Gasteiger partial charge in [-0.2, -0.15) is 0 Å². The van der Waals surface area contributed by atoms with Crippen LogP contribution < -0.4 is 4.74 Å². The lowest BCUT2D eigenvalue weighted by Crippen LogP contribution is -1.91. The summed E-state index contributed by atoms with van der Waals surface area (Å²) < 4.78 is 32.5. The average molecular weight is 285 g/mol. The third-order valence-electron chi connectivity index (χ3n) is 1.95. The lowest BCUT2D eigenvalue weighted by atomic mass is 10.3. The molecule has 0 N–H and O–H groups in total. The quantitative estimate of drug-likeness (QED) is 0.788. The summed E-state index contributed by atoms with van der Waals surface area (Å²) in [6, 6.07) is 10.3. The Balaban J connectivity index is 2.30. The van der Waals surface area contributed by atoms with Gasteiger partial charge in [0, 0.05) is 4.47 Å². The van der Waals surface area contributed by atoms with E-state index in [9.17, 15) is 8.78 Å². The molecule has 0 amide bonds. The standard InChI is InChI=1S/C12H7BrF2O/c13-8-4-6-9(7-5-8)16-12-10(14)2-1-3-11(12)15/h1-7H. The molecule has 0 radical (unpaired) electrons. The number of hydrogen-bond acceptors (Lipinski definition) is 1. The second kappa shape index (κ2) is 4.61. The Bertz CT molecular complexity index is 477. The van der Waals surface area contributed by atoms with Crippen molar-refractivity contribution >= 4 is 15.9 Å². The summed E-state index contributed by atoms with van der Waals surface area (Å²) in [5, 5.41) is 0. The van der Waals surface area contributed by atoms with Crippen LogP contribution in [0.4, 0.5) is 8.78 Å². The number of benzene rings is 2. The van der Waals surface area contributed by atoms with E-state index in [1.807, 2.05) is 0 Å². The van der Waals surface area contributed by atoms with Gasteiger partial charge in [0.05, 0.1) is 0 Å². The summed E-state index contributed by atoms with van der Waals surface area (Å²) >= 11 is 3.26. The molecule has 1 nitrogen and oxygen atoms in total. The van der Waals surface area contributed by atoms with Crippen LogP contribution in [0.5, 0.6) is 11.5 Å². The van der Waals surface area contributed by atoms with Crippen LogP contribution in [-0.2, 0) is 0 Å². The minimum Gasteiger partial charge on any atom is -0.451 e. The number of halogens is 3. The zero-order chi connectivity index (χ0) is 11.5. The Labute approximate surface area is 99.8 Å². The van der Waals surface area contributed by atoms with Crippen LogP contribution in [0.2, 0.25) is 0 Å². The fourth-order valence-corrected chi connectivity index (χ4v) is 1.46. The monoisotopic (exact) mass is 284 g/mol. The van der Waals surface area contributed by atoms with Gasteiger partial charge < -0.3 is 4.74 Å². The zero-order valence-electron chi connectivity index (χ0n) is 8.08. The first-order chi connectivity index (χ1) is 7.66. The Morgan fingerprint density at radius 1 is 0.875 bits per heavy atom. The molecule has 0 heterocycles. The van der Waals surface area contributed by atoms with Crippen molar-refractivity contribution in [3.8, 4) is 11.5 Å². The maximum Gasteiger partial charge on any atom is 0.198 e. The Morgan fingerprint density at radius 3 is 2.00 bits per heavy atom. The van der Waals surface area contributed by atoms with Crippen LogP contribution in [0.1, 0.15) is 0 Å². The number of ether oxygens (including phenoxy) is 1. The van der Waals surface area contributed by atoms with Crippen molar-refractivity contribution in [2.45, 2.75) is 0 Å². The highest BCUT2D eigenvalue weighted by atomic mass is 79.9. The molecule has 0 aliphatic carbocycles. The van der Waals surface area contributed by atoms with Crippen LogP contribution >= 0.6 is 15.9 Å². The number of rotatable bonds is 2. The van der Waals surface area contributed by atoms with Crippen LogP contribution in [0.15, 0.2) is 46.9 Å². The lowest BCUT2D eigenvalue weighted by Gasteiger charge is -2.07. The Morgan fingerprint density at radius 2 is 1.44 bits per heavy atom. The largest absolute Gasteiger partial charge is 0.451 e. The van der Waals surface area contributed by atoms with Gasteiger partial charge in [-0.1, -0.05) is 22.0 Å². The van der Waals surface area contributed by atoms with Crippen molar-refractivity contribution in [1.29, 1.82) is 0 Å². The van der Waals surface area contributed by atoms with E-state index in [4.69, 9.17) is 4.74 Å². The zero-order valence-corrected chi connectivity index (χ0v) is 9.67. The lowest BCUT2D eigenvalue weighted by molar-refractivity contribution is 0.407. The SMILES string of the molecule is Fc1cccc(F)c1Oc1ccc(Br)cc1. The number of para-hydroxylation sites is 1. The van der Waals surface area contributed by atoms with E-state index < -0.39 is 11.6 Å². The van der Waals surface area contributed by atoms with Crippen LogP contribution in [0.3, 0.4) is 0 Å². The molecule has 0 aromatic heterocycles. The molecule has 0 aliphatic rings. The van der Waals surface area contributed by atoms with E-state index in [-0.39, 0.29) is 5.75 Å². The maximum absolute atomic E-state index is 13.2. The highest BCUT2D eigenvalue weighted by Crippen LogP contribution is 2.27. The van der Waals surface area contributed by atoms with Gasteiger partial charge in [0.2, 0.25) is 0 Å². The molecule has 2 aromatic carbocycles. The van der Waals surface area contributed by atoms with Crippen molar-refractivity contribution in [2.75, 3.05) is 0 Å². The van der Waals surface area contributed by atoms with Crippen LogP contribution in [0.25, 0.3) is 0 Å². The molecule has 0 spiro atoms. The first-order valence-corrected chi connectivity index (χ1v) is 5.33. The predicted molar refractivity (Wildman–Crippen MR) is 60.6 cm³/mol. The molecule has 2 aromatic rings. The molecular weight excluding hydrogens is 278 g/mol. The predicted octanol–water partition coefficient (Wildman–Crippen LogP) is 4.52. The van der Waals surface area contributed by atoms with Crippen LogP contribution in [0, 0.1) is 11.6 Å². The van der Waals surface area contributed by atoms with E-state index in [1.54, 1.807) is 24.3 Å². The van der Waals surface area contributed by atoms with Crippen molar-refractivity contribution < 1.29 is 13.5 Å². The fraction of sp³-hybridized carbons (Fsp3) is 0. The molecule has 4 heteroatoms. The van der Waals surface area contributed by atoms with E-state index in [1.165, 1.54) is 6.07 Å². The molecule has 0 unspecified atom stereocenters. The van der Waals surface area contributed by atoms with Crippen molar-refractivity contribution in [1.82, 2.24) is 0 Å². The maximum atomic E-state index is 13.2. The molecule has 0 fully saturated rings. The molecular formula is C12H7BrF2O. The van der Waals surface area contributed by atoms with Gasteiger partial charge in [-0.25, -0.2) is 8.78 Å². The van der Waals surface area contributed by atoms with E-state index in [0.29, 0.717) is 5.75 Å². The molecule has 0 atom stereocenters. The number of hydrogen-bond donors (Lipinski definition) is 0. The Kier molecular flexibility index (Phi) is 3.19. The van der Waals surface area contributed by atoms with Gasteiger partial charge in [-0.3, -0.25) is 0 Å². The third kappa shape index (κ3) is 2.39. The minimum absolute atomic E-state index is 0.382. The van der Waals surface area contributed by atoms with Crippen molar-refractivity contribution in [3.05, 3.63) is 58.6 Å². The normalized spacial score (nSPS) is 10.2. The average Bonchev–Trinajstić information content (AvgIpc) is 2.26. The summed E-state index contributed by atoms with van der Waals surface area (Å²) in [5.41, 5.74) is 0. The highest BCUT2D eigenvalue weighted by Gasteiger charge is 2.10. The smallest absolute Gasteiger partial charge is 0.198 e. The van der Waals surface area contributed by atoms with E-state index in [0.717, 1.165) is 16.6 Å². The highest BCUT2D eigenvalue weighted by molar-refractivity contribution is 9.10. The summed E-state index contributed by atoms with van der Waals surface area (Å²) in [7, 11) is 0. The fourth-order valence-electron chi connectivity index (χ4n) is 1.20. The molecule has 16 heavy (non-hydrogen) atoms. The molecule has 0 saturated carbocycles. The van der Waals surface area contributed by atoms with E-state index >= 15 is 0 Å². The van der Waals surface area contributed by atoms with Crippen molar-refractivity contribution in [3.63, 3.8) is 0 Å². The molecule has 82 valence electrons. The summed E-state index contributed by atoms with van der Waals surface area (Å²) in [4.78, 5) is 0. The van der Waals surface area contributed by atoms with Gasteiger partial charge in [0.15, 0.2) is 17.4 Å². The molecule has 2 rings (SSSR count). The van der Waals surface area contributed by atoms with Gasteiger partial charge in [0.25, 0.3) is 0 Å².